The molecule has 7 heteroatoms. The zero-order valence-corrected chi connectivity index (χ0v) is 13.5. The molecule has 1 aliphatic heterocycles. The molecule has 124 valence electrons. The Morgan fingerprint density at radius 2 is 2.09 bits per heavy atom. The van der Waals surface area contributed by atoms with Gasteiger partial charge in [-0.25, -0.2) is 0 Å². The van der Waals surface area contributed by atoms with Crippen molar-refractivity contribution in [3.63, 3.8) is 0 Å². The molecule has 2 rings (SSSR count). The van der Waals surface area contributed by atoms with Crippen LogP contribution < -0.4 is 5.73 Å². The van der Waals surface area contributed by atoms with Gasteiger partial charge in [0.05, 0.1) is 6.04 Å². The molecule has 0 aliphatic carbocycles. The van der Waals surface area contributed by atoms with Crippen molar-refractivity contribution in [3.05, 3.63) is 11.6 Å². The molecule has 3 N–H and O–H groups in total. The number of hydrogen-bond acceptors (Lipinski definition) is 5. The van der Waals surface area contributed by atoms with Gasteiger partial charge in [-0.1, -0.05) is 19.8 Å². The number of amides is 1. The summed E-state index contributed by atoms with van der Waals surface area (Å²) in [7, 11) is 1.87. The molecule has 1 atom stereocenters. The third kappa shape index (κ3) is 3.64. The summed E-state index contributed by atoms with van der Waals surface area (Å²) in [5, 5.41) is 17.4. The fourth-order valence-electron chi connectivity index (χ4n) is 3.01. The lowest BCUT2D eigenvalue weighted by atomic mass is 9.95. The van der Waals surface area contributed by atoms with Crippen LogP contribution in [0.25, 0.3) is 0 Å². The monoisotopic (exact) mass is 309 g/mol. The highest BCUT2D eigenvalue weighted by atomic mass is 16.3. The van der Waals surface area contributed by atoms with E-state index in [4.69, 9.17) is 5.73 Å². The third-order valence-electron chi connectivity index (χ3n) is 4.50. The Balaban J connectivity index is 1.89. The lowest BCUT2D eigenvalue weighted by Crippen LogP contribution is -2.47. The fraction of sp³-hybridized carbons (Fsp3) is 0.800. The molecule has 1 fully saturated rings. The lowest BCUT2D eigenvalue weighted by molar-refractivity contribution is -0.133. The second-order valence-electron chi connectivity index (χ2n) is 6.04. The molecule has 1 aliphatic rings. The van der Waals surface area contributed by atoms with Crippen molar-refractivity contribution >= 4 is 5.91 Å². The average Bonchev–Trinajstić information content (AvgIpc) is 2.92. The number of carbonyl (C=O) groups excluding carboxylic acids is 1. The second-order valence-corrected chi connectivity index (χ2v) is 6.04. The van der Waals surface area contributed by atoms with Crippen molar-refractivity contribution < 1.29 is 9.90 Å². The smallest absolute Gasteiger partial charge is 0.239 e. The van der Waals surface area contributed by atoms with Crippen LogP contribution in [0.2, 0.25) is 0 Å². The van der Waals surface area contributed by atoms with Crippen molar-refractivity contribution in [2.24, 2.45) is 12.8 Å². The molecule has 0 spiro atoms. The number of carbonyl (C=O) groups is 1. The van der Waals surface area contributed by atoms with Crippen LogP contribution in [0.5, 0.6) is 0 Å². The molecular formula is C15H27N5O2. The quantitative estimate of drug-likeness (QED) is 0.799. The summed E-state index contributed by atoms with van der Waals surface area (Å²) in [5.74, 6) is 1.83. The van der Waals surface area contributed by atoms with Crippen LogP contribution in [0.1, 0.15) is 56.6 Å². The van der Waals surface area contributed by atoms with E-state index in [1.54, 1.807) is 0 Å². The van der Waals surface area contributed by atoms with Crippen LogP contribution in [-0.2, 0) is 18.4 Å². The second kappa shape index (κ2) is 7.69. The van der Waals surface area contributed by atoms with Gasteiger partial charge in [-0.15, -0.1) is 10.2 Å². The molecule has 2 heterocycles. The maximum Gasteiger partial charge on any atom is 0.239 e. The predicted molar refractivity (Wildman–Crippen MR) is 83.0 cm³/mol. The molecule has 7 nitrogen and oxygen atoms in total. The molecule has 0 aromatic carbocycles. The molecule has 0 radical (unpaired) electrons. The average molecular weight is 309 g/mol. The number of hydrogen-bond donors (Lipinski definition) is 2. The Hall–Kier alpha value is -1.47. The van der Waals surface area contributed by atoms with E-state index in [0.717, 1.165) is 37.9 Å². The summed E-state index contributed by atoms with van der Waals surface area (Å²) in [6.45, 7) is 3.42. The molecule has 22 heavy (non-hydrogen) atoms. The number of piperidine rings is 1. The minimum Gasteiger partial charge on any atom is -0.388 e. The van der Waals surface area contributed by atoms with Crippen molar-refractivity contribution in [2.45, 2.75) is 57.6 Å². The molecular weight excluding hydrogens is 282 g/mol. The number of aliphatic hydroxyl groups excluding tert-OH is 1. The number of aromatic nitrogens is 3. The summed E-state index contributed by atoms with van der Waals surface area (Å²) in [6.07, 6.45) is 4.54. The van der Waals surface area contributed by atoms with Crippen molar-refractivity contribution in [1.29, 1.82) is 0 Å². The van der Waals surface area contributed by atoms with E-state index in [1.165, 1.54) is 0 Å². The maximum atomic E-state index is 12.3. The topological polar surface area (TPSA) is 97.3 Å². The van der Waals surface area contributed by atoms with Crippen molar-refractivity contribution in [1.82, 2.24) is 19.7 Å². The normalized spacial score (nSPS) is 17.7. The van der Waals surface area contributed by atoms with Gasteiger partial charge < -0.3 is 20.3 Å². The van der Waals surface area contributed by atoms with E-state index in [0.29, 0.717) is 18.9 Å². The highest BCUT2D eigenvalue weighted by Gasteiger charge is 2.29. The first kappa shape index (κ1) is 16.9. The number of nitrogens with two attached hydrogens (primary N) is 1. The number of aliphatic hydroxyl groups is 1. The number of likely N-dealkylation sites (tertiary alicyclic amines) is 1. The van der Waals surface area contributed by atoms with Crippen molar-refractivity contribution in [2.75, 3.05) is 13.1 Å². The SMILES string of the molecule is CCCCC(N)C(=O)N1CCC(c2nnc(CO)n2C)CC1. The first-order valence-electron chi connectivity index (χ1n) is 8.11. The Morgan fingerprint density at radius 3 is 2.64 bits per heavy atom. The Kier molecular flexibility index (Phi) is 5.90. The third-order valence-corrected chi connectivity index (χ3v) is 4.50. The van der Waals surface area contributed by atoms with E-state index >= 15 is 0 Å². The van der Waals surface area contributed by atoms with Gasteiger partial charge >= 0.3 is 0 Å². The first-order chi connectivity index (χ1) is 10.6. The van der Waals surface area contributed by atoms with Gasteiger partial charge in [0.1, 0.15) is 12.4 Å². The Morgan fingerprint density at radius 1 is 1.41 bits per heavy atom. The summed E-state index contributed by atoms with van der Waals surface area (Å²) < 4.78 is 1.86. The summed E-state index contributed by atoms with van der Waals surface area (Å²) in [6, 6.07) is -0.368. The minimum atomic E-state index is -0.368. The minimum absolute atomic E-state index is 0.0703. The molecule has 1 aromatic rings. The zero-order valence-electron chi connectivity index (χ0n) is 13.5. The molecule has 1 saturated heterocycles. The highest BCUT2D eigenvalue weighted by Crippen LogP contribution is 2.27. The van der Waals surface area contributed by atoms with Gasteiger partial charge in [-0.2, -0.15) is 0 Å². The fourth-order valence-corrected chi connectivity index (χ4v) is 3.01. The summed E-state index contributed by atoms with van der Waals surface area (Å²) >= 11 is 0. The van der Waals surface area contributed by atoms with Gasteiger partial charge in [-0.05, 0) is 19.3 Å². The van der Waals surface area contributed by atoms with Gasteiger partial charge in [0, 0.05) is 26.1 Å². The largest absolute Gasteiger partial charge is 0.388 e. The van der Waals surface area contributed by atoms with Crippen LogP contribution in [0.3, 0.4) is 0 Å². The maximum absolute atomic E-state index is 12.3. The standard InChI is InChI=1S/C15H27N5O2/c1-3-4-5-12(16)15(22)20-8-6-11(7-9-20)14-18-17-13(10-21)19(14)2/h11-12,21H,3-10,16H2,1-2H3. The van der Waals surface area contributed by atoms with E-state index in [-0.39, 0.29) is 24.5 Å². The lowest BCUT2D eigenvalue weighted by Gasteiger charge is -2.33. The van der Waals surface area contributed by atoms with Crippen LogP contribution in [0.15, 0.2) is 0 Å². The molecule has 1 aromatic heterocycles. The van der Waals surface area contributed by atoms with Gasteiger partial charge in [0.2, 0.25) is 5.91 Å². The van der Waals surface area contributed by atoms with E-state index in [2.05, 4.69) is 17.1 Å². The number of nitrogens with zero attached hydrogens (tertiary/aromatic N) is 4. The summed E-state index contributed by atoms with van der Waals surface area (Å²) in [4.78, 5) is 14.2. The first-order valence-corrected chi connectivity index (χ1v) is 8.11. The van der Waals surface area contributed by atoms with E-state index < -0.39 is 0 Å². The molecule has 0 saturated carbocycles. The van der Waals surface area contributed by atoms with E-state index in [9.17, 15) is 9.90 Å². The predicted octanol–water partition coefficient (Wildman–Crippen LogP) is 0.531. The van der Waals surface area contributed by atoms with E-state index in [1.807, 2.05) is 16.5 Å². The Labute approximate surface area is 131 Å². The zero-order chi connectivity index (χ0) is 16.1. The Bertz CT molecular complexity index is 494. The number of rotatable bonds is 6. The van der Waals surface area contributed by atoms with Gasteiger partial charge in [0.15, 0.2) is 5.82 Å². The number of unbranched alkanes of at least 4 members (excludes halogenated alkanes) is 1. The van der Waals surface area contributed by atoms with Crippen LogP contribution in [0.4, 0.5) is 0 Å². The molecule has 1 unspecified atom stereocenters. The van der Waals surface area contributed by atoms with Crippen molar-refractivity contribution in [3.8, 4) is 0 Å². The highest BCUT2D eigenvalue weighted by molar-refractivity contribution is 5.81. The van der Waals surface area contributed by atoms with Gasteiger partial charge in [0.25, 0.3) is 0 Å². The van der Waals surface area contributed by atoms with Crippen LogP contribution in [0, 0.1) is 0 Å². The molecule has 1 amide bonds. The summed E-state index contributed by atoms with van der Waals surface area (Å²) in [5.41, 5.74) is 5.98. The van der Waals surface area contributed by atoms with Crippen LogP contribution >= 0.6 is 0 Å². The van der Waals surface area contributed by atoms with Crippen LogP contribution in [-0.4, -0.2) is 49.8 Å². The van der Waals surface area contributed by atoms with Gasteiger partial charge in [-0.3, -0.25) is 4.79 Å². The molecule has 0 bridgehead atoms.